The largest absolute Gasteiger partial charge is 0.355 e. The van der Waals surface area contributed by atoms with Gasteiger partial charge in [0.05, 0.1) is 22.8 Å². The lowest BCUT2D eigenvalue weighted by Gasteiger charge is -2.04. The minimum absolute atomic E-state index is 0. The number of rotatable bonds is 11. The summed E-state index contributed by atoms with van der Waals surface area (Å²) < 4.78 is 0. The number of aromatic nitrogens is 4. The summed E-state index contributed by atoms with van der Waals surface area (Å²) in [6.45, 7) is 3.23. The van der Waals surface area contributed by atoms with Gasteiger partial charge >= 0.3 is 0 Å². The van der Waals surface area contributed by atoms with E-state index in [1.165, 1.54) is 51.4 Å². The Morgan fingerprint density at radius 2 is 0.975 bits per heavy atom. The Bertz CT molecular complexity index is 1190. The minimum atomic E-state index is 0. The average molecular weight is 769 g/mol. The molecule has 216 valence electrons. The van der Waals surface area contributed by atoms with Crippen LogP contribution in [0.2, 0.25) is 0 Å². The van der Waals surface area contributed by atoms with E-state index in [-0.39, 0.29) is 48.0 Å². The molecular formula is C30H42I2N8. The number of halogens is 2. The van der Waals surface area contributed by atoms with Crippen LogP contribution in [-0.4, -0.2) is 26.5 Å². The molecule has 0 spiro atoms. The van der Waals surface area contributed by atoms with Crippen molar-refractivity contribution in [2.45, 2.75) is 58.3 Å². The maximum absolute atomic E-state index is 5.01. The molecule has 5 heterocycles. The fourth-order valence-electron chi connectivity index (χ4n) is 4.40. The highest BCUT2D eigenvalue weighted by Crippen LogP contribution is 2.17. The summed E-state index contributed by atoms with van der Waals surface area (Å²) in [5, 5.41) is 0. The first-order chi connectivity index (χ1) is 18.7. The molecule has 10 heteroatoms. The zero-order valence-corrected chi connectivity index (χ0v) is 27.7. The van der Waals surface area contributed by atoms with Gasteiger partial charge in [0.2, 0.25) is 0 Å². The monoisotopic (exact) mass is 768 g/mol. The number of nitrogens with zero attached hydrogens (tertiary/aromatic N) is 2. The first kappa shape index (κ1) is 34.1. The second kappa shape index (κ2) is 19.1. The van der Waals surface area contributed by atoms with Crippen molar-refractivity contribution >= 4 is 94.3 Å². The number of hydrazine groups is 3. The molecule has 7 N–H and O–H groups in total. The molecule has 0 radical (unpaired) electrons. The number of unbranched alkanes of at least 4 members (excludes halogenated alkanes) is 7. The van der Waals surface area contributed by atoms with Crippen LogP contribution in [0.5, 0.6) is 0 Å². The molecule has 0 saturated carbocycles. The van der Waals surface area contributed by atoms with Gasteiger partial charge in [-0.25, -0.2) is 15.4 Å². The van der Waals surface area contributed by atoms with E-state index < -0.39 is 0 Å². The van der Waals surface area contributed by atoms with Gasteiger partial charge in [0, 0.05) is 28.6 Å². The fraction of sp³-hybridized carbons (Fsp3) is 0.333. The molecule has 8 nitrogen and oxygen atoms in total. The van der Waals surface area contributed by atoms with Gasteiger partial charge in [0.25, 0.3) is 0 Å². The summed E-state index contributed by atoms with van der Waals surface area (Å²) in [6.07, 6.45) is 18.9. The number of nitrogens with two attached hydrogens (primary N) is 1. The number of nitrogens with one attached hydrogen (secondary N) is 5. The van der Waals surface area contributed by atoms with Gasteiger partial charge in [0.1, 0.15) is 0 Å². The Morgan fingerprint density at radius 1 is 0.600 bits per heavy atom. The van der Waals surface area contributed by atoms with Crippen LogP contribution >= 0.6 is 48.0 Å². The van der Waals surface area contributed by atoms with E-state index >= 15 is 0 Å². The van der Waals surface area contributed by atoms with E-state index in [9.17, 15) is 0 Å². The van der Waals surface area contributed by atoms with Crippen LogP contribution in [0.15, 0.2) is 48.5 Å². The van der Waals surface area contributed by atoms with Gasteiger partial charge in [-0.15, -0.1) is 48.0 Å². The van der Waals surface area contributed by atoms with Crippen molar-refractivity contribution in [3.05, 3.63) is 71.3 Å². The van der Waals surface area contributed by atoms with Crippen molar-refractivity contribution in [3.63, 3.8) is 0 Å². The SMILES string of the molecule is C1=Cc2cc3ccc(cc4nc(cc5ccc(cc1n2)[nH]5)C=C4)[nH]3.CCCCCCCCCCNNNN.I.I. The van der Waals surface area contributed by atoms with Crippen LogP contribution in [0, 0.1) is 0 Å². The Kier molecular flexibility index (Phi) is 16.3. The molecule has 0 aliphatic carbocycles. The Labute approximate surface area is 271 Å². The van der Waals surface area contributed by atoms with Crippen molar-refractivity contribution in [2.24, 2.45) is 5.84 Å². The molecule has 5 rings (SSSR count). The van der Waals surface area contributed by atoms with Crippen LogP contribution in [0.4, 0.5) is 0 Å². The fourth-order valence-corrected chi connectivity index (χ4v) is 4.40. The standard InChI is InChI=1S/C20H14N4.C10H26N4.2HI/c1-2-14-10-16-5-6-18(23-16)12-20-8-7-19(24-20)11-17-4-3-15(22-17)9-13(1)21-14;1-2-3-4-5-6-7-8-9-10-12-14-13-11;;/h1-12,21,24H;12-14H,2-11H2,1H3;2*1H. The van der Waals surface area contributed by atoms with Crippen LogP contribution in [0.3, 0.4) is 0 Å². The molecule has 0 atom stereocenters. The van der Waals surface area contributed by atoms with E-state index in [0.717, 1.165) is 51.4 Å². The van der Waals surface area contributed by atoms with Gasteiger partial charge in [-0.05, 0) is 79.3 Å². The van der Waals surface area contributed by atoms with Gasteiger partial charge in [-0.2, -0.15) is 11.1 Å². The van der Waals surface area contributed by atoms with E-state index in [0.29, 0.717) is 0 Å². The normalized spacial score (nSPS) is 11.3. The van der Waals surface area contributed by atoms with Crippen molar-refractivity contribution in [2.75, 3.05) is 6.54 Å². The van der Waals surface area contributed by atoms with Crippen LogP contribution in [0.25, 0.3) is 46.4 Å². The van der Waals surface area contributed by atoms with Gasteiger partial charge in [-0.1, -0.05) is 51.9 Å². The number of H-pyrrole nitrogens is 2. The molecule has 8 bridgehead atoms. The second-order valence-corrected chi connectivity index (χ2v) is 9.58. The lowest BCUT2D eigenvalue weighted by atomic mass is 10.1. The van der Waals surface area contributed by atoms with E-state index in [4.69, 9.17) is 5.84 Å². The number of hydrogen-bond acceptors (Lipinski definition) is 6. The Morgan fingerprint density at radius 3 is 1.35 bits per heavy atom. The molecular weight excluding hydrogens is 726 g/mol. The zero-order valence-electron chi connectivity index (χ0n) is 23.1. The molecule has 0 unspecified atom stereocenters. The lowest BCUT2D eigenvalue weighted by molar-refractivity contribution is 0.431. The van der Waals surface area contributed by atoms with E-state index in [2.05, 4.69) is 67.6 Å². The Hall–Kier alpha value is -2.10. The predicted molar refractivity (Wildman–Crippen MR) is 191 cm³/mol. The zero-order chi connectivity index (χ0) is 26.4. The summed E-state index contributed by atoms with van der Waals surface area (Å²) >= 11 is 0. The van der Waals surface area contributed by atoms with E-state index in [1.807, 2.05) is 48.6 Å². The Balaban J connectivity index is 0.000000307. The maximum atomic E-state index is 5.01. The van der Waals surface area contributed by atoms with Crippen molar-refractivity contribution in [1.82, 2.24) is 36.4 Å². The second-order valence-electron chi connectivity index (χ2n) is 9.58. The lowest BCUT2D eigenvalue weighted by Crippen LogP contribution is -2.47. The van der Waals surface area contributed by atoms with Gasteiger partial charge in [0.15, 0.2) is 0 Å². The third-order valence-corrected chi connectivity index (χ3v) is 6.36. The highest BCUT2D eigenvalue weighted by atomic mass is 127. The number of hydrogen-bond donors (Lipinski definition) is 6. The predicted octanol–water partition coefficient (Wildman–Crippen LogP) is 7.49. The summed E-state index contributed by atoms with van der Waals surface area (Å²) in [6, 6.07) is 16.4. The molecule has 3 aromatic rings. The number of fused-ring (bicyclic) bond motifs is 8. The summed E-state index contributed by atoms with van der Waals surface area (Å²) in [7, 11) is 0. The first-order valence-corrected chi connectivity index (χ1v) is 13.7. The van der Waals surface area contributed by atoms with Crippen LogP contribution in [0.1, 0.15) is 81.1 Å². The maximum Gasteiger partial charge on any atom is 0.0658 e. The molecule has 3 aromatic heterocycles. The van der Waals surface area contributed by atoms with Crippen molar-refractivity contribution in [1.29, 1.82) is 0 Å². The first-order valence-electron chi connectivity index (χ1n) is 13.7. The molecule has 0 aromatic carbocycles. The number of aromatic amines is 2. The highest BCUT2D eigenvalue weighted by Gasteiger charge is 2.01. The van der Waals surface area contributed by atoms with Gasteiger partial charge < -0.3 is 9.97 Å². The minimum Gasteiger partial charge on any atom is -0.355 e. The smallest absolute Gasteiger partial charge is 0.0658 e. The average Bonchev–Trinajstić information content (AvgIpc) is 3.72. The third kappa shape index (κ3) is 11.8. The molecule has 2 aliphatic heterocycles. The van der Waals surface area contributed by atoms with Crippen molar-refractivity contribution < 1.29 is 0 Å². The molecule has 40 heavy (non-hydrogen) atoms. The summed E-state index contributed by atoms with van der Waals surface area (Å²) in [5.41, 5.74) is 15.8. The molecule has 0 fully saturated rings. The summed E-state index contributed by atoms with van der Waals surface area (Å²) in [5.74, 6) is 5.01. The van der Waals surface area contributed by atoms with Crippen molar-refractivity contribution in [3.8, 4) is 0 Å². The van der Waals surface area contributed by atoms with Crippen LogP contribution < -0.4 is 22.3 Å². The third-order valence-electron chi connectivity index (χ3n) is 6.36. The highest BCUT2D eigenvalue weighted by molar-refractivity contribution is 14.0. The topological polar surface area (TPSA) is 119 Å². The molecule has 2 aliphatic rings. The molecule has 0 amide bonds. The van der Waals surface area contributed by atoms with Crippen LogP contribution in [-0.2, 0) is 0 Å². The molecule has 0 saturated heterocycles. The van der Waals surface area contributed by atoms with E-state index in [1.54, 1.807) is 0 Å². The quantitative estimate of drug-likeness (QED) is 0.0359. The van der Waals surface area contributed by atoms with Gasteiger partial charge in [-0.3, -0.25) is 5.84 Å². The summed E-state index contributed by atoms with van der Waals surface area (Å²) in [4.78, 5) is 16.0.